The van der Waals surface area contributed by atoms with Crippen LogP contribution in [0.3, 0.4) is 0 Å². The molecule has 0 fully saturated rings. The molecule has 1 heterocycles. The van der Waals surface area contributed by atoms with Gasteiger partial charge in [0.1, 0.15) is 17.2 Å². The molecule has 16 heavy (non-hydrogen) atoms. The maximum atomic E-state index is 13.6. The summed E-state index contributed by atoms with van der Waals surface area (Å²) in [5, 5.41) is 0.759. The van der Waals surface area contributed by atoms with Crippen molar-refractivity contribution >= 4 is 28.3 Å². The lowest BCUT2D eigenvalue weighted by Gasteiger charge is -2.15. The van der Waals surface area contributed by atoms with Gasteiger partial charge in [0.2, 0.25) is 5.28 Å². The van der Waals surface area contributed by atoms with Crippen molar-refractivity contribution in [2.75, 3.05) is 19.0 Å². The quantitative estimate of drug-likeness (QED) is 0.717. The Kier molecular flexibility index (Phi) is 2.68. The summed E-state index contributed by atoms with van der Waals surface area (Å²) in [5.74, 6) is 0.250. The van der Waals surface area contributed by atoms with Crippen molar-refractivity contribution in [3.8, 4) is 0 Å². The topological polar surface area (TPSA) is 29.0 Å². The average molecular weight is 240 g/mol. The number of halogens is 2. The van der Waals surface area contributed by atoms with Gasteiger partial charge in [-0.05, 0) is 30.2 Å². The van der Waals surface area contributed by atoms with Crippen LogP contribution >= 0.6 is 11.6 Å². The molecular weight excluding hydrogens is 229 g/mol. The van der Waals surface area contributed by atoms with Crippen LogP contribution < -0.4 is 4.90 Å². The van der Waals surface area contributed by atoms with Crippen LogP contribution in [0.15, 0.2) is 12.1 Å². The Hall–Kier alpha value is -1.42. The molecule has 3 nitrogen and oxygen atoms in total. The number of hydrogen-bond acceptors (Lipinski definition) is 3. The lowest BCUT2D eigenvalue weighted by atomic mass is 10.1. The molecule has 0 saturated heterocycles. The van der Waals surface area contributed by atoms with Crippen LogP contribution in [0.1, 0.15) is 5.56 Å². The Balaban J connectivity index is 2.95. The Morgan fingerprint density at radius 2 is 1.94 bits per heavy atom. The lowest BCUT2D eigenvalue weighted by Crippen LogP contribution is -2.12. The first-order valence-electron chi connectivity index (χ1n) is 4.80. The molecule has 2 rings (SSSR count). The molecular formula is C11H11ClFN3. The Bertz CT molecular complexity index is 554. The fraction of sp³-hybridized carbons (Fsp3) is 0.273. The number of anilines is 1. The van der Waals surface area contributed by atoms with Crippen molar-refractivity contribution in [3.63, 3.8) is 0 Å². The Morgan fingerprint density at radius 3 is 2.56 bits per heavy atom. The van der Waals surface area contributed by atoms with E-state index < -0.39 is 0 Å². The molecule has 0 N–H and O–H groups in total. The Morgan fingerprint density at radius 1 is 1.25 bits per heavy atom. The zero-order valence-corrected chi connectivity index (χ0v) is 10.0. The number of benzene rings is 1. The number of rotatable bonds is 1. The molecule has 0 saturated carbocycles. The number of aromatic nitrogens is 2. The molecule has 0 unspecified atom stereocenters. The number of nitrogens with zero attached hydrogens (tertiary/aromatic N) is 3. The smallest absolute Gasteiger partial charge is 0.225 e. The van der Waals surface area contributed by atoms with E-state index in [1.54, 1.807) is 11.0 Å². The molecule has 5 heteroatoms. The van der Waals surface area contributed by atoms with Gasteiger partial charge in [-0.1, -0.05) is 6.07 Å². The third-order valence-electron chi connectivity index (χ3n) is 2.39. The predicted octanol–water partition coefficient (Wildman–Crippen LogP) is 2.80. The average Bonchev–Trinajstić information content (AvgIpc) is 2.22. The number of fused-ring (bicyclic) bond motifs is 1. The minimum absolute atomic E-state index is 0.0562. The van der Waals surface area contributed by atoms with Crippen molar-refractivity contribution in [1.82, 2.24) is 9.97 Å². The summed E-state index contributed by atoms with van der Waals surface area (Å²) in [5.41, 5.74) is 1.19. The van der Waals surface area contributed by atoms with Crippen LogP contribution in [0.5, 0.6) is 0 Å². The first kappa shape index (κ1) is 11.1. The van der Waals surface area contributed by atoms with Crippen LogP contribution in [0, 0.1) is 12.7 Å². The highest BCUT2D eigenvalue weighted by Crippen LogP contribution is 2.28. The van der Waals surface area contributed by atoms with Crippen molar-refractivity contribution in [2.45, 2.75) is 6.92 Å². The number of hydrogen-bond donors (Lipinski definition) is 0. The van der Waals surface area contributed by atoms with E-state index in [0.717, 1.165) is 5.56 Å². The summed E-state index contributed by atoms with van der Waals surface area (Å²) in [6.45, 7) is 1.89. The molecule has 1 aromatic heterocycles. The maximum absolute atomic E-state index is 13.6. The van der Waals surface area contributed by atoms with Gasteiger partial charge in [-0.2, -0.15) is 4.98 Å². The standard InChI is InChI=1S/C11H11ClFN3/c1-6-4-5-7(13)9-8(6)10(16(2)3)15-11(12)14-9/h4-5H,1-3H3. The normalized spacial score (nSPS) is 10.8. The zero-order chi connectivity index (χ0) is 11.9. The van der Waals surface area contributed by atoms with Crippen molar-refractivity contribution in [3.05, 3.63) is 28.8 Å². The van der Waals surface area contributed by atoms with Crippen LogP contribution in [0.4, 0.5) is 10.2 Å². The van der Waals surface area contributed by atoms with Crippen molar-refractivity contribution in [1.29, 1.82) is 0 Å². The van der Waals surface area contributed by atoms with E-state index >= 15 is 0 Å². The summed E-state index contributed by atoms with van der Waals surface area (Å²) < 4.78 is 13.6. The van der Waals surface area contributed by atoms with Crippen LogP contribution in [-0.4, -0.2) is 24.1 Å². The molecule has 84 valence electrons. The molecule has 0 aliphatic rings. The van der Waals surface area contributed by atoms with Crippen LogP contribution in [0.2, 0.25) is 5.28 Å². The minimum Gasteiger partial charge on any atom is -0.362 e. The van der Waals surface area contributed by atoms with E-state index in [1.165, 1.54) is 6.07 Å². The molecule has 0 amide bonds. The van der Waals surface area contributed by atoms with Gasteiger partial charge in [0.15, 0.2) is 0 Å². The van der Waals surface area contributed by atoms with Gasteiger partial charge < -0.3 is 4.90 Å². The predicted molar refractivity (Wildman–Crippen MR) is 63.6 cm³/mol. The highest BCUT2D eigenvalue weighted by molar-refractivity contribution is 6.28. The van der Waals surface area contributed by atoms with Crippen molar-refractivity contribution < 1.29 is 4.39 Å². The first-order chi connectivity index (χ1) is 7.50. The molecule has 0 atom stereocenters. The molecule has 0 radical (unpaired) electrons. The molecule has 0 spiro atoms. The summed E-state index contributed by atoms with van der Waals surface area (Å²) in [6, 6.07) is 3.10. The van der Waals surface area contributed by atoms with Gasteiger partial charge in [-0.25, -0.2) is 9.37 Å². The van der Waals surface area contributed by atoms with Gasteiger partial charge in [0, 0.05) is 19.5 Å². The SMILES string of the molecule is Cc1ccc(F)c2nc(Cl)nc(N(C)C)c12. The van der Waals surface area contributed by atoms with E-state index in [1.807, 2.05) is 21.0 Å². The highest BCUT2D eigenvalue weighted by Gasteiger charge is 2.13. The van der Waals surface area contributed by atoms with Crippen LogP contribution in [0.25, 0.3) is 10.9 Å². The zero-order valence-electron chi connectivity index (χ0n) is 9.25. The molecule has 0 aliphatic carbocycles. The third kappa shape index (κ3) is 1.69. The summed E-state index contributed by atoms with van der Waals surface area (Å²) >= 11 is 5.78. The van der Waals surface area contributed by atoms with Gasteiger partial charge in [-0.3, -0.25) is 0 Å². The van der Waals surface area contributed by atoms with E-state index in [0.29, 0.717) is 11.2 Å². The number of aryl methyl sites for hydroxylation is 1. The Labute approximate surface area is 97.9 Å². The summed E-state index contributed by atoms with van der Waals surface area (Å²) in [7, 11) is 3.67. The second-order valence-corrected chi connectivity index (χ2v) is 4.14. The molecule has 1 aromatic carbocycles. The van der Waals surface area contributed by atoms with Crippen LogP contribution in [-0.2, 0) is 0 Å². The molecule has 0 aliphatic heterocycles. The summed E-state index contributed by atoms with van der Waals surface area (Å²) in [6.07, 6.45) is 0. The second kappa shape index (κ2) is 3.87. The monoisotopic (exact) mass is 239 g/mol. The van der Waals surface area contributed by atoms with E-state index in [-0.39, 0.29) is 16.6 Å². The molecule has 2 aromatic rings. The van der Waals surface area contributed by atoms with E-state index in [9.17, 15) is 4.39 Å². The van der Waals surface area contributed by atoms with E-state index in [2.05, 4.69) is 9.97 Å². The van der Waals surface area contributed by atoms with E-state index in [4.69, 9.17) is 11.6 Å². The maximum Gasteiger partial charge on any atom is 0.225 e. The fourth-order valence-corrected chi connectivity index (χ4v) is 1.81. The van der Waals surface area contributed by atoms with Crippen molar-refractivity contribution in [2.24, 2.45) is 0 Å². The second-order valence-electron chi connectivity index (χ2n) is 3.80. The minimum atomic E-state index is -0.381. The first-order valence-corrected chi connectivity index (χ1v) is 5.18. The van der Waals surface area contributed by atoms with Gasteiger partial charge in [0.25, 0.3) is 0 Å². The summed E-state index contributed by atoms with van der Waals surface area (Å²) in [4.78, 5) is 9.84. The lowest BCUT2D eigenvalue weighted by molar-refractivity contribution is 0.636. The fourth-order valence-electron chi connectivity index (χ4n) is 1.64. The third-order valence-corrected chi connectivity index (χ3v) is 2.56. The largest absolute Gasteiger partial charge is 0.362 e. The highest BCUT2D eigenvalue weighted by atomic mass is 35.5. The van der Waals surface area contributed by atoms with Gasteiger partial charge in [0.05, 0.1) is 0 Å². The molecule has 0 bridgehead atoms. The van der Waals surface area contributed by atoms with Gasteiger partial charge in [-0.15, -0.1) is 0 Å². The van der Waals surface area contributed by atoms with Gasteiger partial charge >= 0.3 is 0 Å².